The number of nitrogens with one attached hydrogen (secondary N) is 2. The second-order valence-electron chi connectivity index (χ2n) is 10.8. The quantitative estimate of drug-likeness (QED) is 0.427. The monoisotopic (exact) mass is 565 g/mol. The third-order valence-electron chi connectivity index (χ3n) is 7.97. The van der Waals surface area contributed by atoms with Gasteiger partial charge in [0.15, 0.2) is 0 Å². The van der Waals surface area contributed by atoms with Gasteiger partial charge in [-0.2, -0.15) is 4.31 Å². The van der Waals surface area contributed by atoms with Gasteiger partial charge in [0.05, 0.1) is 37.0 Å². The first-order chi connectivity index (χ1) is 19.3. The van der Waals surface area contributed by atoms with Crippen LogP contribution in [-0.2, 0) is 21.3 Å². The maximum absolute atomic E-state index is 12.9. The Bertz CT molecular complexity index is 1480. The Hall–Kier alpha value is -3.25. The number of fused-ring (bicyclic) bond motifs is 1. The van der Waals surface area contributed by atoms with Gasteiger partial charge in [0, 0.05) is 49.0 Å². The zero-order chi connectivity index (χ0) is 27.7. The van der Waals surface area contributed by atoms with Gasteiger partial charge in [-0.15, -0.1) is 0 Å². The van der Waals surface area contributed by atoms with Crippen LogP contribution < -0.4 is 15.4 Å². The number of pyridine rings is 1. The number of nitrogens with zero attached hydrogens (tertiary/aromatic N) is 3. The fourth-order valence-corrected chi connectivity index (χ4v) is 7.10. The summed E-state index contributed by atoms with van der Waals surface area (Å²) < 4.78 is 37.4. The van der Waals surface area contributed by atoms with Crippen molar-refractivity contribution >= 4 is 32.5 Å². The lowest BCUT2D eigenvalue weighted by Crippen LogP contribution is -2.39. The van der Waals surface area contributed by atoms with Gasteiger partial charge in [0.25, 0.3) is 0 Å². The average molecular weight is 566 g/mol. The van der Waals surface area contributed by atoms with E-state index in [0.717, 1.165) is 68.6 Å². The summed E-state index contributed by atoms with van der Waals surface area (Å²) in [6.45, 7) is 4.68. The van der Waals surface area contributed by atoms with Crippen LogP contribution in [0.2, 0.25) is 0 Å². The van der Waals surface area contributed by atoms with Crippen LogP contribution in [0.5, 0.6) is 11.5 Å². The lowest BCUT2D eigenvalue weighted by atomic mass is 10.1. The highest BCUT2D eigenvalue weighted by Crippen LogP contribution is 2.42. The number of aromatic nitrogens is 1. The Morgan fingerprint density at radius 3 is 2.62 bits per heavy atom. The molecule has 0 spiro atoms. The van der Waals surface area contributed by atoms with Crippen molar-refractivity contribution < 1.29 is 22.7 Å². The number of sulfonamides is 1. The van der Waals surface area contributed by atoms with Crippen LogP contribution in [0.1, 0.15) is 25.0 Å². The fraction of sp³-hybridized carbons (Fsp3) is 0.448. The molecule has 1 aromatic heterocycles. The number of amides is 2. The van der Waals surface area contributed by atoms with Crippen LogP contribution in [-0.4, -0.2) is 79.8 Å². The van der Waals surface area contributed by atoms with Crippen molar-refractivity contribution in [1.82, 2.24) is 19.5 Å². The molecule has 11 heteroatoms. The largest absolute Gasteiger partial charge is 0.455 e. The van der Waals surface area contributed by atoms with Crippen molar-refractivity contribution in [3.63, 3.8) is 0 Å². The summed E-state index contributed by atoms with van der Waals surface area (Å²) in [7, 11) is -3.23. The first-order valence-electron chi connectivity index (χ1n) is 13.8. The number of morpholine rings is 1. The molecule has 3 fully saturated rings. The molecular weight excluding hydrogens is 530 g/mol. The molecule has 3 aliphatic rings. The fourth-order valence-electron chi connectivity index (χ4n) is 5.89. The van der Waals surface area contributed by atoms with Gasteiger partial charge in [0.1, 0.15) is 11.5 Å². The third kappa shape index (κ3) is 6.07. The van der Waals surface area contributed by atoms with E-state index in [9.17, 15) is 13.2 Å². The van der Waals surface area contributed by atoms with Crippen molar-refractivity contribution in [3.05, 3.63) is 60.4 Å². The standard InChI is InChI=1S/C29H35N5O5S/c1-40(36,37)34-12-4-7-27(34)24-17-26(24)32-29(35)31-25-10-11-28(23-6-3-2-5-22(23)25)39-21-9-8-20(30-18-21)19-33-13-15-38-16-14-33/h2-3,5-6,8-11,18,24,26-27H,4,7,12-17,19H2,1H3,(H2,31,32,35). The molecule has 2 aliphatic heterocycles. The third-order valence-corrected chi connectivity index (χ3v) is 9.28. The average Bonchev–Trinajstić information content (AvgIpc) is 3.50. The first-order valence-corrected chi connectivity index (χ1v) is 15.7. The molecule has 6 rings (SSSR count). The van der Waals surface area contributed by atoms with Crippen molar-refractivity contribution in [2.24, 2.45) is 5.92 Å². The van der Waals surface area contributed by atoms with E-state index in [-0.39, 0.29) is 24.0 Å². The van der Waals surface area contributed by atoms with Crippen LogP contribution in [0.15, 0.2) is 54.7 Å². The van der Waals surface area contributed by atoms with Crippen molar-refractivity contribution in [3.8, 4) is 11.5 Å². The minimum absolute atomic E-state index is 0.0273. The summed E-state index contributed by atoms with van der Waals surface area (Å²) in [6.07, 6.45) is 5.50. The molecule has 2 amide bonds. The van der Waals surface area contributed by atoms with E-state index >= 15 is 0 Å². The summed E-state index contributed by atoms with van der Waals surface area (Å²) in [6, 6.07) is 15.0. The van der Waals surface area contributed by atoms with E-state index in [1.807, 2.05) is 48.5 Å². The zero-order valence-electron chi connectivity index (χ0n) is 22.6. The van der Waals surface area contributed by atoms with Gasteiger partial charge >= 0.3 is 6.03 Å². The van der Waals surface area contributed by atoms with Crippen molar-refractivity contribution in [1.29, 1.82) is 0 Å². The first kappa shape index (κ1) is 26.9. The number of ether oxygens (including phenoxy) is 2. The number of hydrogen-bond donors (Lipinski definition) is 2. The second-order valence-corrected chi connectivity index (χ2v) is 12.8. The minimum Gasteiger partial charge on any atom is -0.455 e. The predicted molar refractivity (Wildman–Crippen MR) is 153 cm³/mol. The van der Waals surface area contributed by atoms with Crippen LogP contribution in [0.3, 0.4) is 0 Å². The summed E-state index contributed by atoms with van der Waals surface area (Å²) in [5.41, 5.74) is 1.66. The smallest absolute Gasteiger partial charge is 0.319 e. The Kier molecular flexibility index (Phi) is 7.63. The number of carbonyl (C=O) groups excluding carboxylic acids is 1. The molecule has 10 nitrogen and oxygen atoms in total. The highest BCUT2D eigenvalue weighted by atomic mass is 32.2. The molecule has 3 heterocycles. The van der Waals surface area contributed by atoms with E-state index in [4.69, 9.17) is 9.47 Å². The number of urea groups is 1. The maximum atomic E-state index is 12.9. The Morgan fingerprint density at radius 1 is 1.07 bits per heavy atom. The molecular formula is C29H35N5O5S. The van der Waals surface area contributed by atoms with E-state index in [0.29, 0.717) is 23.7 Å². The molecule has 3 unspecified atom stereocenters. The molecule has 2 saturated heterocycles. The van der Waals surface area contributed by atoms with Crippen molar-refractivity contribution in [2.45, 2.75) is 37.9 Å². The number of carbonyl (C=O) groups is 1. The molecule has 1 saturated carbocycles. The topological polar surface area (TPSA) is 113 Å². The Morgan fingerprint density at radius 2 is 1.88 bits per heavy atom. The highest BCUT2D eigenvalue weighted by Gasteiger charge is 2.49. The number of benzene rings is 2. The Labute approximate surface area is 234 Å². The maximum Gasteiger partial charge on any atom is 0.319 e. The molecule has 0 bridgehead atoms. The zero-order valence-corrected chi connectivity index (χ0v) is 23.4. The molecule has 212 valence electrons. The Balaban J connectivity index is 1.09. The SMILES string of the molecule is CS(=O)(=O)N1CCCC1C1CC1NC(=O)Nc1ccc(Oc2ccc(CN3CCOCC3)nc2)c2ccccc12. The lowest BCUT2D eigenvalue weighted by molar-refractivity contribution is 0.0336. The molecule has 3 atom stereocenters. The molecule has 0 radical (unpaired) electrons. The molecule has 3 aromatic rings. The van der Waals surface area contributed by atoms with Gasteiger partial charge in [-0.1, -0.05) is 24.3 Å². The summed E-state index contributed by atoms with van der Waals surface area (Å²) in [5.74, 6) is 1.47. The highest BCUT2D eigenvalue weighted by molar-refractivity contribution is 7.88. The van der Waals surface area contributed by atoms with E-state index in [2.05, 4.69) is 20.5 Å². The normalized spacial score (nSPS) is 23.7. The van der Waals surface area contributed by atoms with Gasteiger partial charge in [-0.3, -0.25) is 9.88 Å². The minimum atomic E-state index is -3.23. The predicted octanol–water partition coefficient (Wildman–Crippen LogP) is 3.79. The summed E-state index contributed by atoms with van der Waals surface area (Å²) in [4.78, 5) is 19.8. The van der Waals surface area contributed by atoms with Crippen LogP contribution >= 0.6 is 0 Å². The van der Waals surface area contributed by atoms with Crippen LogP contribution in [0.4, 0.5) is 10.5 Å². The van der Waals surface area contributed by atoms with Gasteiger partial charge < -0.3 is 20.1 Å². The number of hydrogen-bond acceptors (Lipinski definition) is 7. The van der Waals surface area contributed by atoms with Gasteiger partial charge in [-0.25, -0.2) is 13.2 Å². The molecule has 40 heavy (non-hydrogen) atoms. The second kappa shape index (κ2) is 11.3. The van der Waals surface area contributed by atoms with Gasteiger partial charge in [-0.05, 0) is 49.4 Å². The van der Waals surface area contributed by atoms with Crippen LogP contribution in [0, 0.1) is 5.92 Å². The molecule has 2 N–H and O–H groups in total. The van der Waals surface area contributed by atoms with E-state index in [1.54, 1.807) is 10.5 Å². The van der Waals surface area contributed by atoms with E-state index in [1.165, 1.54) is 6.26 Å². The number of anilines is 1. The molecule has 1 aliphatic carbocycles. The summed E-state index contributed by atoms with van der Waals surface area (Å²) >= 11 is 0. The van der Waals surface area contributed by atoms with E-state index < -0.39 is 10.0 Å². The summed E-state index contributed by atoms with van der Waals surface area (Å²) in [5, 5.41) is 7.75. The lowest BCUT2D eigenvalue weighted by Gasteiger charge is -2.26. The van der Waals surface area contributed by atoms with Gasteiger partial charge in [0.2, 0.25) is 10.0 Å². The molecule has 2 aromatic carbocycles. The van der Waals surface area contributed by atoms with Crippen LogP contribution in [0.25, 0.3) is 10.8 Å². The van der Waals surface area contributed by atoms with Crippen molar-refractivity contribution in [2.75, 3.05) is 44.4 Å². The number of rotatable bonds is 8.